The number of amides is 1. The van der Waals surface area contributed by atoms with Gasteiger partial charge in [0.25, 0.3) is 0 Å². The summed E-state index contributed by atoms with van der Waals surface area (Å²) >= 11 is 1.51. The summed E-state index contributed by atoms with van der Waals surface area (Å²) in [5, 5.41) is 6.86. The van der Waals surface area contributed by atoms with E-state index in [1.165, 1.54) is 11.3 Å². The summed E-state index contributed by atoms with van der Waals surface area (Å²) in [5.41, 5.74) is 0.430. The molecule has 0 unspecified atom stereocenters. The lowest BCUT2D eigenvalue weighted by Gasteiger charge is -2.37. The summed E-state index contributed by atoms with van der Waals surface area (Å²) in [6, 6.07) is 0. The van der Waals surface area contributed by atoms with Crippen molar-refractivity contribution < 1.29 is 22.8 Å². The van der Waals surface area contributed by atoms with Gasteiger partial charge < -0.3 is 9.74 Å². The van der Waals surface area contributed by atoms with Gasteiger partial charge in [-0.1, -0.05) is 5.16 Å². The number of piperidine rings is 1. The highest BCUT2D eigenvalue weighted by Gasteiger charge is 2.43. The second kappa shape index (κ2) is 6.70. The van der Waals surface area contributed by atoms with E-state index in [2.05, 4.69) is 10.1 Å². The van der Waals surface area contributed by atoms with Crippen LogP contribution in [0.5, 0.6) is 0 Å². The van der Waals surface area contributed by atoms with E-state index in [9.17, 15) is 18.0 Å². The number of thiazole rings is 1. The monoisotopic (exact) mass is 361 g/mol. The molecule has 1 aromatic heterocycles. The lowest BCUT2D eigenvalue weighted by Crippen LogP contribution is -2.46. The zero-order chi connectivity index (χ0) is 17.2. The fraction of sp³-hybridized carbons (Fsp3) is 0.667. The first-order valence-corrected chi connectivity index (χ1v) is 8.74. The quantitative estimate of drug-likeness (QED) is 0.826. The Balaban J connectivity index is 1.46. The minimum atomic E-state index is -4.20. The van der Waals surface area contributed by atoms with E-state index in [0.29, 0.717) is 32.4 Å². The first-order chi connectivity index (χ1) is 11.4. The first-order valence-electron chi connectivity index (χ1n) is 7.86. The molecule has 1 spiro atoms. The zero-order valence-corrected chi connectivity index (χ0v) is 13.8. The van der Waals surface area contributed by atoms with E-state index in [-0.39, 0.29) is 18.7 Å². The third-order valence-electron chi connectivity index (χ3n) is 4.40. The number of halogens is 3. The Bertz CT molecular complexity index is 608. The molecule has 9 heteroatoms. The minimum Gasteiger partial charge on any atom is -0.388 e. The summed E-state index contributed by atoms with van der Waals surface area (Å²) < 4.78 is 36.4. The fourth-order valence-corrected chi connectivity index (χ4v) is 3.65. The van der Waals surface area contributed by atoms with Gasteiger partial charge >= 0.3 is 6.18 Å². The van der Waals surface area contributed by atoms with Crippen molar-refractivity contribution in [3.63, 3.8) is 0 Å². The van der Waals surface area contributed by atoms with Crippen LogP contribution in [0.15, 0.2) is 16.7 Å². The third kappa shape index (κ3) is 4.06. The predicted octanol–water partition coefficient (Wildman–Crippen LogP) is 3.36. The molecule has 2 aliphatic rings. The molecule has 24 heavy (non-hydrogen) atoms. The number of rotatable bonds is 4. The van der Waals surface area contributed by atoms with Crippen molar-refractivity contribution in [1.82, 2.24) is 9.88 Å². The summed E-state index contributed by atoms with van der Waals surface area (Å²) in [4.78, 5) is 23.5. The maximum atomic E-state index is 12.1. The smallest absolute Gasteiger partial charge is 0.388 e. The van der Waals surface area contributed by atoms with E-state index < -0.39 is 18.2 Å². The number of carbonyl (C=O) groups is 1. The van der Waals surface area contributed by atoms with Gasteiger partial charge in [-0.15, -0.1) is 11.3 Å². The normalized spacial score (nSPS) is 20.1. The average molecular weight is 361 g/mol. The van der Waals surface area contributed by atoms with Crippen LogP contribution in [0.2, 0.25) is 0 Å². The van der Waals surface area contributed by atoms with E-state index in [0.717, 1.165) is 10.7 Å². The summed E-state index contributed by atoms with van der Waals surface area (Å²) in [6.07, 6.45) is -1.68. The lowest BCUT2D eigenvalue weighted by atomic mass is 9.87. The first kappa shape index (κ1) is 17.2. The average Bonchev–Trinajstić information content (AvgIpc) is 3.16. The molecule has 1 fully saturated rings. The van der Waals surface area contributed by atoms with Gasteiger partial charge in [0.2, 0.25) is 5.91 Å². The summed E-state index contributed by atoms with van der Waals surface area (Å²) in [7, 11) is 0. The second-order valence-corrected chi connectivity index (χ2v) is 7.07. The largest absolute Gasteiger partial charge is 0.389 e. The molecule has 0 radical (unpaired) electrons. The Morgan fingerprint density at radius 3 is 2.75 bits per heavy atom. The number of alkyl halides is 3. The topological polar surface area (TPSA) is 54.8 Å². The molecular weight excluding hydrogens is 343 g/mol. The van der Waals surface area contributed by atoms with Crippen LogP contribution in [0, 0.1) is 0 Å². The molecule has 0 N–H and O–H groups in total. The van der Waals surface area contributed by atoms with Gasteiger partial charge in [-0.3, -0.25) is 4.79 Å². The number of aromatic nitrogens is 1. The van der Waals surface area contributed by atoms with Crippen molar-refractivity contribution in [3.8, 4) is 0 Å². The molecule has 0 atom stereocenters. The van der Waals surface area contributed by atoms with Gasteiger partial charge in [0, 0.05) is 56.8 Å². The number of carbonyl (C=O) groups excluding carboxylic acids is 1. The number of hydrogen-bond acceptors (Lipinski definition) is 5. The van der Waals surface area contributed by atoms with Gasteiger partial charge in [-0.2, -0.15) is 13.2 Å². The molecule has 3 rings (SSSR count). The van der Waals surface area contributed by atoms with Gasteiger partial charge in [0.05, 0.1) is 0 Å². The maximum Gasteiger partial charge on any atom is 0.389 e. The number of hydrogen-bond donors (Lipinski definition) is 0. The van der Waals surface area contributed by atoms with Crippen molar-refractivity contribution in [1.29, 1.82) is 0 Å². The number of oxime groups is 1. The highest BCUT2D eigenvalue weighted by atomic mass is 32.1. The van der Waals surface area contributed by atoms with Crippen molar-refractivity contribution >= 4 is 23.0 Å². The van der Waals surface area contributed by atoms with Gasteiger partial charge in [-0.05, 0) is 6.42 Å². The minimum absolute atomic E-state index is 0.0613. The molecule has 2 aliphatic heterocycles. The lowest BCUT2D eigenvalue weighted by molar-refractivity contribution is -0.142. The zero-order valence-electron chi connectivity index (χ0n) is 13.0. The molecule has 1 saturated heterocycles. The van der Waals surface area contributed by atoms with E-state index >= 15 is 0 Å². The maximum absolute atomic E-state index is 12.1. The Hall–Kier alpha value is -1.64. The Morgan fingerprint density at radius 1 is 1.38 bits per heavy atom. The fourth-order valence-electron chi connectivity index (χ4n) is 3.03. The molecule has 1 aromatic rings. The van der Waals surface area contributed by atoms with E-state index in [1.54, 1.807) is 11.1 Å². The van der Waals surface area contributed by atoms with Gasteiger partial charge in [-0.25, -0.2) is 4.98 Å². The van der Waals surface area contributed by atoms with Crippen LogP contribution in [0.4, 0.5) is 13.2 Å². The summed E-state index contributed by atoms with van der Waals surface area (Å²) in [5.74, 6) is -0.215. The highest BCUT2D eigenvalue weighted by molar-refractivity contribution is 7.11. The van der Waals surface area contributed by atoms with Gasteiger partial charge in [0.15, 0.2) is 0 Å². The highest BCUT2D eigenvalue weighted by Crippen LogP contribution is 2.36. The van der Waals surface area contributed by atoms with Crippen molar-refractivity contribution in [2.45, 2.75) is 50.3 Å². The Labute approximate surface area is 141 Å². The van der Waals surface area contributed by atoms with E-state index in [1.807, 2.05) is 5.38 Å². The Kier molecular flexibility index (Phi) is 4.80. The molecule has 0 aliphatic carbocycles. The second-order valence-electron chi connectivity index (χ2n) is 6.18. The van der Waals surface area contributed by atoms with Crippen LogP contribution < -0.4 is 0 Å². The van der Waals surface area contributed by atoms with Crippen molar-refractivity contribution in [3.05, 3.63) is 16.6 Å². The van der Waals surface area contributed by atoms with Crippen LogP contribution in [0.25, 0.3) is 0 Å². The number of likely N-dealkylation sites (tertiary alicyclic amines) is 1. The molecule has 0 aromatic carbocycles. The van der Waals surface area contributed by atoms with Crippen LogP contribution in [0.3, 0.4) is 0 Å². The van der Waals surface area contributed by atoms with Crippen LogP contribution in [0.1, 0.15) is 43.5 Å². The van der Waals surface area contributed by atoms with Crippen LogP contribution in [-0.2, 0) is 9.63 Å². The van der Waals surface area contributed by atoms with E-state index in [4.69, 9.17) is 4.84 Å². The van der Waals surface area contributed by atoms with Gasteiger partial charge in [0.1, 0.15) is 16.3 Å². The molecular formula is C15H18F3N3O2S. The molecule has 3 heterocycles. The third-order valence-corrected chi connectivity index (χ3v) is 5.22. The molecule has 1 amide bonds. The number of nitrogens with zero attached hydrogens (tertiary/aromatic N) is 3. The Morgan fingerprint density at radius 2 is 2.12 bits per heavy atom. The van der Waals surface area contributed by atoms with Crippen molar-refractivity contribution in [2.75, 3.05) is 13.1 Å². The molecule has 0 saturated carbocycles. The molecule has 5 nitrogen and oxygen atoms in total. The summed E-state index contributed by atoms with van der Waals surface area (Å²) in [6.45, 7) is 0.983. The van der Waals surface area contributed by atoms with Crippen LogP contribution >= 0.6 is 11.3 Å². The SMILES string of the molecule is O=C(CCCC(F)(F)F)N1CCC2(CC1)CC(c1nccs1)=NO2. The van der Waals surface area contributed by atoms with Crippen molar-refractivity contribution in [2.24, 2.45) is 5.16 Å². The standard InChI is InChI=1S/C15H18F3N3O2S/c16-15(17,18)3-1-2-12(22)21-7-4-14(5-8-21)10-11(20-23-14)13-19-6-9-24-13/h6,9H,1-5,7-8,10H2. The van der Waals surface area contributed by atoms with Crippen LogP contribution in [-0.4, -0.2) is 46.4 Å². The predicted molar refractivity (Wildman–Crippen MR) is 82.8 cm³/mol. The molecule has 0 bridgehead atoms. The molecule has 132 valence electrons.